The van der Waals surface area contributed by atoms with E-state index in [-0.39, 0.29) is 23.5 Å². The van der Waals surface area contributed by atoms with Crippen molar-refractivity contribution in [2.75, 3.05) is 26.9 Å². The van der Waals surface area contributed by atoms with Gasteiger partial charge in [0.05, 0.1) is 20.3 Å². The predicted molar refractivity (Wildman–Crippen MR) is 112 cm³/mol. The fraction of sp³-hybridized carbons (Fsp3) is 0.708. The number of methoxy groups -OCH3 is 1. The van der Waals surface area contributed by atoms with E-state index in [2.05, 4.69) is 17.4 Å². The molecule has 0 bridgehead atoms. The van der Waals surface area contributed by atoms with Gasteiger partial charge in [-0.2, -0.15) is 0 Å². The van der Waals surface area contributed by atoms with Crippen molar-refractivity contribution in [1.29, 1.82) is 0 Å². The minimum absolute atomic E-state index is 0.0443. The molecule has 0 radical (unpaired) electrons. The van der Waals surface area contributed by atoms with Crippen LogP contribution in [0, 0.1) is 11.3 Å². The number of nitrogens with one attached hydrogen (secondary N) is 1. The van der Waals surface area contributed by atoms with Gasteiger partial charge in [0.25, 0.3) is 0 Å². The maximum Gasteiger partial charge on any atom is 0.223 e. The van der Waals surface area contributed by atoms with Gasteiger partial charge in [0.15, 0.2) is 6.29 Å². The Balaban J connectivity index is 1.24. The molecule has 2 atom stereocenters. The molecule has 1 aromatic carbocycles. The van der Waals surface area contributed by atoms with E-state index in [1.807, 2.05) is 12.1 Å². The van der Waals surface area contributed by atoms with Gasteiger partial charge in [0.2, 0.25) is 5.91 Å². The first kappa shape index (κ1) is 20.7. The molecule has 1 N–H and O–H groups in total. The third kappa shape index (κ3) is 4.95. The molecule has 29 heavy (non-hydrogen) atoms. The molecule has 3 aliphatic rings. The molecule has 5 nitrogen and oxygen atoms in total. The van der Waals surface area contributed by atoms with Crippen molar-refractivity contribution in [2.45, 2.75) is 70.0 Å². The molecule has 0 spiro atoms. The highest BCUT2D eigenvalue weighted by Crippen LogP contribution is 2.48. The lowest BCUT2D eigenvalue weighted by Gasteiger charge is -2.37. The Morgan fingerprint density at radius 3 is 2.66 bits per heavy atom. The Morgan fingerprint density at radius 2 is 1.93 bits per heavy atom. The van der Waals surface area contributed by atoms with Crippen molar-refractivity contribution in [3.8, 4) is 5.75 Å². The first-order chi connectivity index (χ1) is 14.2. The summed E-state index contributed by atoms with van der Waals surface area (Å²) in [6, 6.07) is 8.09. The maximum atomic E-state index is 12.6. The van der Waals surface area contributed by atoms with Crippen LogP contribution in [0.3, 0.4) is 0 Å². The van der Waals surface area contributed by atoms with Crippen LogP contribution in [0.4, 0.5) is 0 Å². The maximum absolute atomic E-state index is 12.6. The number of benzene rings is 1. The van der Waals surface area contributed by atoms with E-state index in [1.165, 1.54) is 44.1 Å². The lowest BCUT2D eigenvalue weighted by Crippen LogP contribution is -2.37. The summed E-state index contributed by atoms with van der Waals surface area (Å²) in [5.74, 6) is 1.49. The number of carbonyl (C=O) groups excluding carboxylic acids is 1. The van der Waals surface area contributed by atoms with Gasteiger partial charge in [0, 0.05) is 17.9 Å². The Labute approximate surface area is 174 Å². The largest absolute Gasteiger partial charge is 0.497 e. The van der Waals surface area contributed by atoms with Crippen LogP contribution in [0.25, 0.3) is 0 Å². The first-order valence-corrected chi connectivity index (χ1v) is 11.4. The van der Waals surface area contributed by atoms with E-state index in [4.69, 9.17) is 14.2 Å². The minimum atomic E-state index is -0.0443. The molecule has 1 aliphatic heterocycles. The third-order valence-corrected chi connectivity index (χ3v) is 7.02. The monoisotopic (exact) mass is 401 g/mol. The van der Waals surface area contributed by atoms with Gasteiger partial charge in [-0.1, -0.05) is 37.8 Å². The summed E-state index contributed by atoms with van der Waals surface area (Å²) >= 11 is 0. The van der Waals surface area contributed by atoms with Crippen LogP contribution in [-0.4, -0.2) is 39.1 Å². The summed E-state index contributed by atoms with van der Waals surface area (Å²) < 4.78 is 17.2. The van der Waals surface area contributed by atoms with Crippen molar-refractivity contribution in [1.82, 2.24) is 5.32 Å². The first-order valence-electron chi connectivity index (χ1n) is 11.4. The van der Waals surface area contributed by atoms with Gasteiger partial charge in [-0.05, 0) is 55.7 Å². The van der Waals surface area contributed by atoms with Gasteiger partial charge in [-0.25, -0.2) is 0 Å². The zero-order valence-corrected chi connectivity index (χ0v) is 17.7. The number of rotatable bonds is 8. The number of hydrogen-bond donors (Lipinski definition) is 1. The van der Waals surface area contributed by atoms with Gasteiger partial charge in [0.1, 0.15) is 5.75 Å². The van der Waals surface area contributed by atoms with Gasteiger partial charge in [-0.3, -0.25) is 4.79 Å². The number of ether oxygens (including phenoxy) is 3. The Hall–Kier alpha value is -1.59. The third-order valence-electron chi connectivity index (χ3n) is 7.02. The lowest BCUT2D eigenvalue weighted by atomic mass is 9.75. The zero-order valence-electron chi connectivity index (χ0n) is 17.7. The quantitative estimate of drug-likeness (QED) is 0.518. The minimum Gasteiger partial charge on any atom is -0.497 e. The smallest absolute Gasteiger partial charge is 0.223 e. The highest BCUT2D eigenvalue weighted by Gasteiger charge is 2.44. The van der Waals surface area contributed by atoms with Crippen LogP contribution in [0.15, 0.2) is 24.3 Å². The molecule has 4 rings (SSSR count). The molecule has 0 unspecified atom stereocenters. The molecule has 0 aromatic heterocycles. The molecular weight excluding hydrogens is 366 g/mol. The summed E-state index contributed by atoms with van der Waals surface area (Å²) in [7, 11) is 1.68. The number of amides is 1. The fourth-order valence-electron chi connectivity index (χ4n) is 5.26. The number of carbonyl (C=O) groups is 1. The second-order valence-electron chi connectivity index (χ2n) is 8.97. The van der Waals surface area contributed by atoms with Crippen LogP contribution in [0.5, 0.6) is 5.75 Å². The summed E-state index contributed by atoms with van der Waals surface area (Å²) in [6.45, 7) is 2.18. The van der Waals surface area contributed by atoms with Crippen LogP contribution >= 0.6 is 0 Å². The van der Waals surface area contributed by atoms with Crippen molar-refractivity contribution in [3.05, 3.63) is 29.8 Å². The summed E-state index contributed by atoms with van der Waals surface area (Å²) in [4.78, 5) is 12.6. The van der Waals surface area contributed by atoms with E-state index in [0.29, 0.717) is 5.92 Å². The standard InChI is InChI=1S/C24H35NO4/c1-27-19-9-6-8-18(16-19)20-17-21(20)22(26)25-13-7-12-24(23-28-14-15-29-23)10-4-2-3-5-11-24/h6,8-9,16,20-21,23H,2-5,7,10-15,17H2,1H3,(H,25,26)/t20-,21-/m0/s1. The van der Waals surface area contributed by atoms with E-state index in [1.54, 1.807) is 7.11 Å². The molecule has 2 aliphatic carbocycles. The lowest BCUT2D eigenvalue weighted by molar-refractivity contribution is -0.143. The average molecular weight is 402 g/mol. The van der Waals surface area contributed by atoms with Crippen LogP contribution in [0.2, 0.25) is 0 Å². The van der Waals surface area contributed by atoms with E-state index >= 15 is 0 Å². The Morgan fingerprint density at radius 1 is 1.17 bits per heavy atom. The highest BCUT2D eigenvalue weighted by atomic mass is 16.7. The molecule has 3 fully saturated rings. The van der Waals surface area contributed by atoms with E-state index < -0.39 is 0 Å². The van der Waals surface area contributed by atoms with Crippen molar-refractivity contribution in [2.24, 2.45) is 11.3 Å². The molecular formula is C24H35NO4. The molecule has 1 heterocycles. The molecule has 160 valence electrons. The molecule has 5 heteroatoms. The second-order valence-corrected chi connectivity index (χ2v) is 8.97. The number of hydrogen-bond acceptors (Lipinski definition) is 4. The Kier molecular flexibility index (Phi) is 6.76. The van der Waals surface area contributed by atoms with Crippen LogP contribution in [0.1, 0.15) is 69.3 Å². The normalized spacial score (nSPS) is 26.7. The second kappa shape index (κ2) is 9.48. The topological polar surface area (TPSA) is 56.8 Å². The SMILES string of the molecule is COc1cccc([C@@H]2C[C@@H]2C(=O)NCCCC2(C3OCCO3)CCCCCC2)c1. The van der Waals surface area contributed by atoms with Crippen LogP contribution in [-0.2, 0) is 14.3 Å². The summed E-state index contributed by atoms with van der Waals surface area (Å²) in [6.07, 6.45) is 10.5. The van der Waals surface area contributed by atoms with Crippen molar-refractivity contribution >= 4 is 5.91 Å². The van der Waals surface area contributed by atoms with Gasteiger partial charge < -0.3 is 19.5 Å². The molecule has 1 saturated heterocycles. The van der Waals surface area contributed by atoms with Crippen LogP contribution < -0.4 is 10.1 Å². The zero-order chi connectivity index (χ0) is 20.1. The van der Waals surface area contributed by atoms with Gasteiger partial charge in [-0.15, -0.1) is 0 Å². The van der Waals surface area contributed by atoms with Crippen molar-refractivity contribution in [3.63, 3.8) is 0 Å². The van der Waals surface area contributed by atoms with Gasteiger partial charge >= 0.3 is 0 Å². The highest BCUT2D eigenvalue weighted by molar-refractivity contribution is 5.82. The predicted octanol–water partition coefficient (Wildman–Crippen LogP) is 4.41. The average Bonchev–Trinajstić information content (AvgIpc) is 3.44. The summed E-state index contributed by atoms with van der Waals surface area (Å²) in [5.41, 5.74) is 1.35. The van der Waals surface area contributed by atoms with Crippen molar-refractivity contribution < 1.29 is 19.0 Å². The Bertz CT molecular complexity index is 677. The van der Waals surface area contributed by atoms with E-state index in [0.717, 1.165) is 44.8 Å². The summed E-state index contributed by atoms with van der Waals surface area (Å²) in [5, 5.41) is 3.18. The van der Waals surface area contributed by atoms with E-state index in [9.17, 15) is 4.79 Å². The molecule has 1 aromatic rings. The molecule has 1 amide bonds. The fourth-order valence-corrected chi connectivity index (χ4v) is 5.26. The molecule has 2 saturated carbocycles.